The fourth-order valence-electron chi connectivity index (χ4n) is 1.99. The van der Waals surface area contributed by atoms with Gasteiger partial charge < -0.3 is 10.4 Å². The highest BCUT2D eigenvalue weighted by atomic mass is 32.1. The number of amides is 1. The highest BCUT2D eigenvalue weighted by Gasteiger charge is 2.35. The summed E-state index contributed by atoms with van der Waals surface area (Å²) in [4.78, 5) is 24.4. The van der Waals surface area contributed by atoms with Crippen LogP contribution in [-0.2, 0) is 16.0 Å². The molecule has 0 bridgehead atoms. The molecule has 0 unspecified atom stereocenters. The van der Waals surface area contributed by atoms with Gasteiger partial charge in [0, 0.05) is 11.3 Å². The predicted molar refractivity (Wildman–Crippen MR) is 76.3 cm³/mol. The summed E-state index contributed by atoms with van der Waals surface area (Å²) in [5.74, 6) is -1.13. The van der Waals surface area contributed by atoms with Gasteiger partial charge in [-0.05, 0) is 37.1 Å². The van der Waals surface area contributed by atoms with E-state index in [-0.39, 0.29) is 5.91 Å². The zero-order valence-corrected chi connectivity index (χ0v) is 12.3. The quantitative estimate of drug-likeness (QED) is 0.771. The Balaban J connectivity index is 2.43. The van der Waals surface area contributed by atoms with Crippen molar-refractivity contribution < 1.29 is 14.7 Å². The van der Waals surface area contributed by atoms with Crippen LogP contribution in [0.3, 0.4) is 0 Å². The topological polar surface area (TPSA) is 66.4 Å². The smallest absolute Gasteiger partial charge is 0.329 e. The Labute approximate surface area is 117 Å². The molecular weight excluding hydrogens is 262 g/mol. The Kier molecular flexibility index (Phi) is 6.02. The molecule has 5 heteroatoms. The zero-order valence-electron chi connectivity index (χ0n) is 11.4. The number of rotatable bonds is 8. The second kappa shape index (κ2) is 7.28. The van der Waals surface area contributed by atoms with Crippen LogP contribution in [0.4, 0.5) is 0 Å². The third-order valence-electron chi connectivity index (χ3n) is 3.40. The van der Waals surface area contributed by atoms with Gasteiger partial charge in [0.1, 0.15) is 5.54 Å². The lowest BCUT2D eigenvalue weighted by Crippen LogP contribution is -2.53. The van der Waals surface area contributed by atoms with Gasteiger partial charge in [-0.3, -0.25) is 4.79 Å². The second-order valence-electron chi connectivity index (χ2n) is 4.58. The first kappa shape index (κ1) is 15.7. The molecule has 1 heterocycles. The first-order chi connectivity index (χ1) is 9.04. The lowest BCUT2D eigenvalue weighted by Gasteiger charge is -2.28. The molecule has 2 N–H and O–H groups in total. The largest absolute Gasteiger partial charge is 0.480 e. The van der Waals surface area contributed by atoms with E-state index in [0.29, 0.717) is 19.3 Å². The van der Waals surface area contributed by atoms with Crippen LogP contribution in [0, 0.1) is 0 Å². The van der Waals surface area contributed by atoms with Crippen molar-refractivity contribution in [1.82, 2.24) is 5.32 Å². The van der Waals surface area contributed by atoms with E-state index in [9.17, 15) is 14.7 Å². The molecule has 4 nitrogen and oxygen atoms in total. The van der Waals surface area contributed by atoms with Crippen LogP contribution >= 0.6 is 11.3 Å². The minimum absolute atomic E-state index is 0.178. The van der Waals surface area contributed by atoms with Crippen LogP contribution in [0.5, 0.6) is 0 Å². The summed E-state index contributed by atoms with van der Waals surface area (Å²) in [5, 5.41) is 13.9. The molecule has 0 radical (unpaired) electrons. The molecule has 0 saturated carbocycles. The van der Waals surface area contributed by atoms with Crippen LogP contribution in [0.1, 0.15) is 44.4 Å². The number of nitrogens with one attached hydrogen (secondary N) is 1. The Morgan fingerprint density at radius 3 is 2.53 bits per heavy atom. The number of carboxylic acids is 1. The third kappa shape index (κ3) is 4.35. The zero-order chi connectivity index (χ0) is 14.3. The first-order valence-corrected chi connectivity index (χ1v) is 7.49. The number of hydrogen-bond donors (Lipinski definition) is 2. The van der Waals surface area contributed by atoms with Gasteiger partial charge in [0.2, 0.25) is 5.91 Å². The standard InChI is InChI=1S/C14H21NO3S/c1-3-14(4-2,13(17)18)15-12(16)9-5-7-11-8-6-10-19-11/h6,8,10H,3-5,7,9H2,1-2H3,(H,15,16)(H,17,18). The average molecular weight is 283 g/mol. The van der Waals surface area contributed by atoms with Gasteiger partial charge in [0.25, 0.3) is 0 Å². The van der Waals surface area contributed by atoms with E-state index in [2.05, 4.69) is 5.32 Å². The van der Waals surface area contributed by atoms with Gasteiger partial charge in [-0.15, -0.1) is 11.3 Å². The van der Waals surface area contributed by atoms with Crippen LogP contribution < -0.4 is 5.32 Å². The lowest BCUT2D eigenvalue weighted by molar-refractivity contribution is -0.148. The summed E-state index contributed by atoms with van der Waals surface area (Å²) in [6.07, 6.45) is 2.77. The van der Waals surface area contributed by atoms with Gasteiger partial charge >= 0.3 is 5.97 Å². The summed E-state index contributed by atoms with van der Waals surface area (Å²) in [6, 6.07) is 4.03. The van der Waals surface area contributed by atoms with Crippen molar-refractivity contribution >= 4 is 23.2 Å². The molecule has 1 aromatic rings. The SMILES string of the molecule is CCC(CC)(NC(=O)CCCc1cccs1)C(=O)O. The summed E-state index contributed by atoms with van der Waals surface area (Å²) in [7, 11) is 0. The summed E-state index contributed by atoms with van der Waals surface area (Å²) >= 11 is 1.68. The summed E-state index contributed by atoms with van der Waals surface area (Å²) in [5.41, 5.74) is -1.11. The van der Waals surface area contributed by atoms with E-state index in [1.54, 1.807) is 25.2 Å². The van der Waals surface area contributed by atoms with Crippen LogP contribution in [0.15, 0.2) is 17.5 Å². The minimum Gasteiger partial charge on any atom is -0.480 e. The van der Waals surface area contributed by atoms with Crippen molar-refractivity contribution in [2.45, 2.75) is 51.5 Å². The molecule has 0 aliphatic rings. The first-order valence-electron chi connectivity index (χ1n) is 6.61. The normalized spacial score (nSPS) is 11.3. The van der Waals surface area contributed by atoms with E-state index < -0.39 is 11.5 Å². The van der Waals surface area contributed by atoms with Gasteiger partial charge in [-0.2, -0.15) is 0 Å². The lowest BCUT2D eigenvalue weighted by atomic mass is 9.92. The average Bonchev–Trinajstić information content (AvgIpc) is 2.89. The van der Waals surface area contributed by atoms with E-state index in [1.165, 1.54) is 4.88 Å². The number of hydrogen-bond acceptors (Lipinski definition) is 3. The number of thiophene rings is 1. The van der Waals surface area contributed by atoms with Gasteiger partial charge in [-0.1, -0.05) is 19.9 Å². The number of carboxylic acid groups (broad SMARTS) is 1. The maximum absolute atomic E-state index is 11.8. The van der Waals surface area contributed by atoms with E-state index >= 15 is 0 Å². The Bertz CT molecular complexity index is 410. The van der Waals surface area contributed by atoms with E-state index in [0.717, 1.165) is 12.8 Å². The van der Waals surface area contributed by atoms with Gasteiger partial charge in [0.15, 0.2) is 0 Å². The Morgan fingerprint density at radius 2 is 2.05 bits per heavy atom. The maximum atomic E-state index is 11.8. The van der Waals surface area contributed by atoms with Crippen molar-refractivity contribution in [2.24, 2.45) is 0 Å². The fraction of sp³-hybridized carbons (Fsp3) is 0.571. The molecule has 0 aliphatic heterocycles. The minimum atomic E-state index is -1.11. The second-order valence-corrected chi connectivity index (χ2v) is 5.61. The van der Waals surface area contributed by atoms with Crippen molar-refractivity contribution in [3.8, 4) is 0 Å². The number of carbonyl (C=O) groups is 2. The van der Waals surface area contributed by atoms with Crippen molar-refractivity contribution in [3.63, 3.8) is 0 Å². The van der Waals surface area contributed by atoms with Crippen LogP contribution in [0.25, 0.3) is 0 Å². The molecule has 0 saturated heterocycles. The third-order valence-corrected chi connectivity index (χ3v) is 4.34. The van der Waals surface area contributed by atoms with Crippen LogP contribution in [-0.4, -0.2) is 22.5 Å². The van der Waals surface area contributed by atoms with Crippen LogP contribution in [0.2, 0.25) is 0 Å². The molecule has 19 heavy (non-hydrogen) atoms. The molecule has 1 aromatic heterocycles. The summed E-state index contributed by atoms with van der Waals surface area (Å²) < 4.78 is 0. The molecule has 0 fully saturated rings. The molecule has 1 rings (SSSR count). The Hall–Kier alpha value is -1.36. The van der Waals surface area contributed by atoms with Gasteiger partial charge in [0.05, 0.1) is 0 Å². The van der Waals surface area contributed by atoms with E-state index in [4.69, 9.17) is 0 Å². The highest BCUT2D eigenvalue weighted by molar-refractivity contribution is 7.09. The van der Waals surface area contributed by atoms with Gasteiger partial charge in [-0.25, -0.2) is 4.79 Å². The monoisotopic (exact) mass is 283 g/mol. The molecular formula is C14H21NO3S. The fourth-order valence-corrected chi connectivity index (χ4v) is 2.74. The molecule has 0 aromatic carbocycles. The number of aliphatic carboxylic acids is 1. The molecule has 1 amide bonds. The number of aryl methyl sites for hydroxylation is 1. The predicted octanol–water partition coefficient (Wildman–Crippen LogP) is 2.83. The van der Waals surface area contributed by atoms with Crippen molar-refractivity contribution in [3.05, 3.63) is 22.4 Å². The molecule has 106 valence electrons. The van der Waals surface area contributed by atoms with Crippen molar-refractivity contribution in [1.29, 1.82) is 0 Å². The maximum Gasteiger partial charge on any atom is 0.329 e. The Morgan fingerprint density at radius 1 is 1.37 bits per heavy atom. The van der Waals surface area contributed by atoms with E-state index in [1.807, 2.05) is 17.5 Å². The molecule has 0 atom stereocenters. The molecule has 0 aliphatic carbocycles. The number of carbonyl (C=O) groups excluding carboxylic acids is 1. The highest BCUT2D eigenvalue weighted by Crippen LogP contribution is 2.16. The van der Waals surface area contributed by atoms with Crippen molar-refractivity contribution in [2.75, 3.05) is 0 Å². The molecule has 0 spiro atoms. The summed E-state index contributed by atoms with van der Waals surface area (Å²) in [6.45, 7) is 3.56.